The lowest BCUT2D eigenvalue weighted by atomic mass is 10.2. The van der Waals surface area contributed by atoms with Gasteiger partial charge < -0.3 is 15.2 Å². The van der Waals surface area contributed by atoms with E-state index in [1.807, 2.05) is 0 Å². The second-order valence-corrected chi connectivity index (χ2v) is 3.96. The van der Waals surface area contributed by atoms with Crippen molar-refractivity contribution in [2.75, 3.05) is 0 Å². The van der Waals surface area contributed by atoms with Crippen LogP contribution in [0.3, 0.4) is 0 Å². The van der Waals surface area contributed by atoms with Crippen molar-refractivity contribution in [3.8, 4) is 22.9 Å². The van der Waals surface area contributed by atoms with Crippen LogP contribution in [0.4, 0.5) is 4.39 Å². The van der Waals surface area contributed by atoms with Crippen LogP contribution in [0, 0.1) is 5.82 Å². The lowest BCUT2D eigenvalue weighted by Crippen LogP contribution is -1.80. The lowest BCUT2D eigenvalue weighted by Gasteiger charge is -1.99. The van der Waals surface area contributed by atoms with E-state index < -0.39 is 5.82 Å². The van der Waals surface area contributed by atoms with E-state index in [1.165, 1.54) is 24.3 Å². The molecule has 1 aromatic heterocycles. The molecular weight excluding hydrogens is 235 g/mol. The van der Waals surface area contributed by atoms with Gasteiger partial charge in [0.25, 0.3) is 0 Å². The zero-order valence-corrected chi connectivity index (χ0v) is 9.18. The second-order valence-electron chi connectivity index (χ2n) is 3.96. The van der Waals surface area contributed by atoms with Crippen molar-refractivity contribution < 1.29 is 14.6 Å². The summed E-state index contributed by atoms with van der Waals surface area (Å²) in [7, 11) is 0. The van der Waals surface area contributed by atoms with E-state index in [2.05, 4.69) is 9.97 Å². The number of aromatic nitrogens is 2. The van der Waals surface area contributed by atoms with Gasteiger partial charge in [-0.15, -0.1) is 0 Å². The second kappa shape index (κ2) is 3.73. The topological polar surface area (TPSA) is 69.1 Å². The Morgan fingerprint density at radius 2 is 1.78 bits per heavy atom. The number of fused-ring (bicyclic) bond motifs is 1. The fourth-order valence-electron chi connectivity index (χ4n) is 1.87. The number of imidazole rings is 1. The van der Waals surface area contributed by atoms with E-state index in [4.69, 9.17) is 0 Å². The molecule has 0 amide bonds. The first-order valence-electron chi connectivity index (χ1n) is 5.31. The molecule has 3 N–H and O–H groups in total. The Morgan fingerprint density at radius 1 is 1.06 bits per heavy atom. The van der Waals surface area contributed by atoms with Crippen molar-refractivity contribution in [3.63, 3.8) is 0 Å². The molecule has 0 saturated carbocycles. The van der Waals surface area contributed by atoms with Crippen molar-refractivity contribution in [1.29, 1.82) is 0 Å². The Bertz CT molecular complexity index is 717. The molecule has 3 aromatic rings. The maximum Gasteiger partial charge on any atom is 0.151 e. The fraction of sp³-hybridized carbons (Fsp3) is 0. The number of benzene rings is 2. The molecular formula is C13H9FN2O2. The van der Waals surface area contributed by atoms with E-state index in [9.17, 15) is 14.6 Å². The van der Waals surface area contributed by atoms with Gasteiger partial charge in [-0.1, -0.05) is 6.07 Å². The van der Waals surface area contributed by atoms with E-state index in [0.717, 1.165) is 0 Å². The molecule has 3 rings (SSSR count). The van der Waals surface area contributed by atoms with E-state index in [-0.39, 0.29) is 17.0 Å². The minimum Gasteiger partial charge on any atom is -0.508 e. The maximum absolute atomic E-state index is 13.5. The third kappa shape index (κ3) is 1.66. The highest BCUT2D eigenvalue weighted by molar-refractivity contribution is 5.80. The van der Waals surface area contributed by atoms with Crippen molar-refractivity contribution in [2.45, 2.75) is 0 Å². The number of hydrogen-bond acceptors (Lipinski definition) is 3. The summed E-state index contributed by atoms with van der Waals surface area (Å²) in [6.07, 6.45) is 0. The molecule has 0 radical (unpaired) electrons. The molecule has 0 unspecified atom stereocenters. The van der Waals surface area contributed by atoms with Crippen molar-refractivity contribution in [3.05, 3.63) is 42.2 Å². The number of halogens is 1. The van der Waals surface area contributed by atoms with Gasteiger partial charge in [0.2, 0.25) is 0 Å². The molecule has 0 fully saturated rings. The van der Waals surface area contributed by atoms with Gasteiger partial charge in [0.15, 0.2) is 5.82 Å². The number of H-pyrrole nitrogens is 1. The third-order valence-electron chi connectivity index (χ3n) is 2.64. The van der Waals surface area contributed by atoms with Crippen LogP contribution in [-0.4, -0.2) is 20.2 Å². The van der Waals surface area contributed by atoms with Gasteiger partial charge in [-0.2, -0.15) is 0 Å². The molecule has 0 spiro atoms. The Hall–Kier alpha value is -2.56. The normalized spacial score (nSPS) is 10.9. The standard InChI is InChI=1S/C13H9FN2O2/c14-10-2-1-3-11-12(10)16-13(15-11)7-4-8(17)6-9(18)5-7/h1-6,17-18H,(H,15,16). The molecule has 0 aliphatic carbocycles. The summed E-state index contributed by atoms with van der Waals surface area (Å²) in [6.45, 7) is 0. The van der Waals surface area contributed by atoms with Gasteiger partial charge >= 0.3 is 0 Å². The number of aromatic amines is 1. The number of hydrogen-bond donors (Lipinski definition) is 3. The predicted octanol–water partition coefficient (Wildman–Crippen LogP) is 2.78. The van der Waals surface area contributed by atoms with Crippen molar-refractivity contribution >= 4 is 11.0 Å². The highest BCUT2D eigenvalue weighted by Gasteiger charge is 2.10. The van der Waals surface area contributed by atoms with Crippen LogP contribution in [0.25, 0.3) is 22.4 Å². The Labute approximate surface area is 101 Å². The van der Waals surface area contributed by atoms with Crippen molar-refractivity contribution in [1.82, 2.24) is 9.97 Å². The summed E-state index contributed by atoms with van der Waals surface area (Å²) < 4.78 is 13.5. The molecule has 0 bridgehead atoms. The number of nitrogens with one attached hydrogen (secondary N) is 1. The van der Waals surface area contributed by atoms with Gasteiger partial charge in [-0.05, 0) is 24.3 Å². The Balaban J connectivity index is 2.22. The maximum atomic E-state index is 13.5. The summed E-state index contributed by atoms with van der Waals surface area (Å²) in [4.78, 5) is 7.05. The molecule has 90 valence electrons. The number of rotatable bonds is 1. The van der Waals surface area contributed by atoms with Crippen LogP contribution in [-0.2, 0) is 0 Å². The number of phenolic OH excluding ortho intramolecular Hbond substituents is 2. The fourth-order valence-corrected chi connectivity index (χ4v) is 1.87. The van der Waals surface area contributed by atoms with Gasteiger partial charge in [0.1, 0.15) is 22.8 Å². The largest absolute Gasteiger partial charge is 0.508 e. The van der Waals surface area contributed by atoms with Crippen LogP contribution in [0.2, 0.25) is 0 Å². The summed E-state index contributed by atoms with van der Waals surface area (Å²) in [5, 5.41) is 18.8. The molecule has 1 heterocycles. The van der Waals surface area contributed by atoms with E-state index in [0.29, 0.717) is 16.9 Å². The third-order valence-corrected chi connectivity index (χ3v) is 2.64. The zero-order valence-electron chi connectivity index (χ0n) is 9.18. The molecule has 0 saturated heterocycles. The van der Waals surface area contributed by atoms with Crippen LogP contribution in [0.15, 0.2) is 36.4 Å². The summed E-state index contributed by atoms with van der Waals surface area (Å²) in [5.74, 6) is -0.183. The molecule has 0 atom stereocenters. The van der Waals surface area contributed by atoms with Crippen LogP contribution in [0.1, 0.15) is 0 Å². The smallest absolute Gasteiger partial charge is 0.151 e. The molecule has 18 heavy (non-hydrogen) atoms. The highest BCUT2D eigenvalue weighted by Crippen LogP contribution is 2.28. The quantitative estimate of drug-likeness (QED) is 0.616. The van der Waals surface area contributed by atoms with E-state index >= 15 is 0 Å². The molecule has 5 heteroatoms. The van der Waals surface area contributed by atoms with Crippen LogP contribution >= 0.6 is 0 Å². The highest BCUT2D eigenvalue weighted by atomic mass is 19.1. The summed E-state index contributed by atoms with van der Waals surface area (Å²) in [5.41, 5.74) is 1.28. The first-order chi connectivity index (χ1) is 8.63. The van der Waals surface area contributed by atoms with E-state index in [1.54, 1.807) is 12.1 Å². The summed E-state index contributed by atoms with van der Waals surface area (Å²) in [6, 6.07) is 8.71. The average Bonchev–Trinajstić information content (AvgIpc) is 2.73. The van der Waals surface area contributed by atoms with Gasteiger partial charge in [0.05, 0.1) is 5.52 Å². The molecule has 4 nitrogen and oxygen atoms in total. The summed E-state index contributed by atoms with van der Waals surface area (Å²) >= 11 is 0. The molecule has 2 aromatic carbocycles. The SMILES string of the molecule is Oc1cc(O)cc(-c2nc3c(F)cccc3[nH]2)c1. The van der Waals surface area contributed by atoms with Crippen LogP contribution in [0.5, 0.6) is 11.5 Å². The minimum atomic E-state index is -0.417. The van der Waals surface area contributed by atoms with Gasteiger partial charge in [0, 0.05) is 11.6 Å². The first-order valence-corrected chi connectivity index (χ1v) is 5.31. The number of nitrogens with zero attached hydrogens (tertiary/aromatic N) is 1. The monoisotopic (exact) mass is 244 g/mol. The Morgan fingerprint density at radius 3 is 2.44 bits per heavy atom. The number of para-hydroxylation sites is 1. The van der Waals surface area contributed by atoms with Crippen molar-refractivity contribution in [2.24, 2.45) is 0 Å². The zero-order chi connectivity index (χ0) is 12.7. The number of aromatic hydroxyl groups is 2. The lowest BCUT2D eigenvalue weighted by molar-refractivity contribution is 0.451. The molecule has 0 aliphatic heterocycles. The minimum absolute atomic E-state index is 0.0778. The predicted molar refractivity (Wildman–Crippen MR) is 64.8 cm³/mol. The number of phenols is 2. The average molecular weight is 244 g/mol. The van der Waals surface area contributed by atoms with Gasteiger partial charge in [-0.3, -0.25) is 0 Å². The first kappa shape index (κ1) is 10.6. The van der Waals surface area contributed by atoms with Gasteiger partial charge in [-0.25, -0.2) is 9.37 Å². The van der Waals surface area contributed by atoms with Crippen LogP contribution < -0.4 is 0 Å². The molecule has 0 aliphatic rings. The Kier molecular flexibility index (Phi) is 2.19.